The molecule has 0 spiro atoms. The maximum Gasteiger partial charge on any atom is 0.216 e. The number of aromatic nitrogens is 1. The molecule has 0 bridgehead atoms. The first-order valence-electron chi connectivity index (χ1n) is 7.32. The summed E-state index contributed by atoms with van der Waals surface area (Å²) in [6.07, 6.45) is 1.16. The molecule has 0 aliphatic heterocycles. The highest BCUT2D eigenvalue weighted by Crippen LogP contribution is 2.19. The summed E-state index contributed by atoms with van der Waals surface area (Å²) in [5, 5.41) is 0. The summed E-state index contributed by atoms with van der Waals surface area (Å²) in [6, 6.07) is 11.9. The number of hydrogen-bond donors (Lipinski definition) is 0. The van der Waals surface area contributed by atoms with Gasteiger partial charge < -0.3 is 14.2 Å². The van der Waals surface area contributed by atoms with Crippen LogP contribution in [0.3, 0.4) is 0 Å². The van der Waals surface area contributed by atoms with Gasteiger partial charge in [0.25, 0.3) is 0 Å². The molecule has 0 amide bonds. The molecule has 1 aromatic heterocycles. The Morgan fingerprint density at radius 1 is 1.00 bits per heavy atom. The van der Waals surface area contributed by atoms with Gasteiger partial charge in [-0.2, -0.15) is 9.37 Å². The van der Waals surface area contributed by atoms with Gasteiger partial charge in [-0.3, -0.25) is 0 Å². The molecule has 0 saturated heterocycles. The second-order valence-electron chi connectivity index (χ2n) is 4.80. The van der Waals surface area contributed by atoms with Crippen LogP contribution in [-0.4, -0.2) is 24.3 Å². The van der Waals surface area contributed by atoms with E-state index in [4.69, 9.17) is 14.2 Å². The van der Waals surface area contributed by atoms with Crippen LogP contribution in [0.5, 0.6) is 17.4 Å². The van der Waals surface area contributed by atoms with Gasteiger partial charge in [-0.15, -0.1) is 0 Å². The lowest BCUT2D eigenvalue weighted by molar-refractivity contribution is 0.208. The van der Waals surface area contributed by atoms with Crippen molar-refractivity contribution in [2.75, 3.05) is 13.2 Å². The van der Waals surface area contributed by atoms with Gasteiger partial charge in [-0.05, 0) is 43.7 Å². The van der Waals surface area contributed by atoms with Crippen LogP contribution in [-0.2, 0) is 0 Å². The number of benzene rings is 1. The molecule has 0 aliphatic rings. The molecule has 2 aromatic rings. The lowest BCUT2D eigenvalue weighted by atomic mass is 10.3. The van der Waals surface area contributed by atoms with Crippen LogP contribution in [0.25, 0.3) is 0 Å². The van der Waals surface area contributed by atoms with Crippen LogP contribution >= 0.6 is 0 Å². The van der Waals surface area contributed by atoms with E-state index < -0.39 is 5.95 Å². The third-order valence-corrected chi connectivity index (χ3v) is 3.03. The van der Waals surface area contributed by atoms with Crippen molar-refractivity contribution in [2.24, 2.45) is 0 Å². The zero-order valence-corrected chi connectivity index (χ0v) is 12.8. The highest BCUT2D eigenvalue weighted by Gasteiger charge is 2.02. The van der Waals surface area contributed by atoms with Crippen LogP contribution in [0.2, 0.25) is 0 Å². The van der Waals surface area contributed by atoms with Crippen molar-refractivity contribution in [2.45, 2.75) is 26.4 Å². The van der Waals surface area contributed by atoms with E-state index in [1.54, 1.807) is 12.1 Å². The topological polar surface area (TPSA) is 40.6 Å². The second-order valence-corrected chi connectivity index (χ2v) is 4.80. The smallest absolute Gasteiger partial charge is 0.216 e. The maximum atomic E-state index is 12.9. The Labute approximate surface area is 129 Å². The summed E-state index contributed by atoms with van der Waals surface area (Å²) < 4.78 is 29.4. The molecular formula is C17H20FNO3. The summed E-state index contributed by atoms with van der Waals surface area (Å²) in [5.74, 6) is 1.24. The molecule has 5 heteroatoms. The Morgan fingerprint density at radius 3 is 2.36 bits per heavy atom. The largest absolute Gasteiger partial charge is 0.491 e. The van der Waals surface area contributed by atoms with Crippen molar-refractivity contribution in [3.8, 4) is 17.4 Å². The molecular weight excluding hydrogens is 285 g/mol. The van der Waals surface area contributed by atoms with Crippen molar-refractivity contribution in [1.29, 1.82) is 0 Å². The summed E-state index contributed by atoms with van der Waals surface area (Å²) in [6.45, 7) is 4.75. The number of rotatable bonds is 8. The van der Waals surface area contributed by atoms with Crippen molar-refractivity contribution < 1.29 is 18.6 Å². The van der Waals surface area contributed by atoms with E-state index in [1.807, 2.05) is 31.2 Å². The first-order chi connectivity index (χ1) is 10.7. The van der Waals surface area contributed by atoms with Gasteiger partial charge in [0.2, 0.25) is 11.8 Å². The zero-order chi connectivity index (χ0) is 15.8. The van der Waals surface area contributed by atoms with Crippen LogP contribution in [0.15, 0.2) is 42.5 Å². The van der Waals surface area contributed by atoms with E-state index in [0.717, 1.165) is 17.9 Å². The van der Waals surface area contributed by atoms with Gasteiger partial charge in [-0.25, -0.2) is 0 Å². The fourth-order valence-electron chi connectivity index (χ4n) is 1.71. The lowest BCUT2D eigenvalue weighted by Gasteiger charge is -2.13. The first kappa shape index (κ1) is 16.1. The highest BCUT2D eigenvalue weighted by atomic mass is 19.1. The first-order valence-corrected chi connectivity index (χ1v) is 7.32. The molecule has 1 heterocycles. The summed E-state index contributed by atoms with van der Waals surface area (Å²) >= 11 is 0. The number of pyridine rings is 1. The van der Waals surface area contributed by atoms with Gasteiger partial charge in [-0.1, -0.05) is 13.0 Å². The maximum absolute atomic E-state index is 12.9. The number of halogens is 1. The summed E-state index contributed by atoms with van der Waals surface area (Å²) in [7, 11) is 0. The zero-order valence-electron chi connectivity index (χ0n) is 12.8. The standard InChI is InChI=1S/C17H20FNO3/c1-3-13(2)22-15-9-7-14(8-10-15)20-11-12-21-17-6-4-5-16(18)19-17/h4-10,13H,3,11-12H2,1-2H3. The normalized spacial score (nSPS) is 11.8. The second kappa shape index (κ2) is 8.22. The Kier molecular flexibility index (Phi) is 6.01. The third kappa shape index (κ3) is 5.24. The average molecular weight is 305 g/mol. The molecule has 1 aromatic carbocycles. The fraction of sp³-hybridized carbons (Fsp3) is 0.353. The average Bonchev–Trinajstić information content (AvgIpc) is 2.53. The number of hydrogen-bond acceptors (Lipinski definition) is 4. The molecule has 0 aliphatic carbocycles. The van der Waals surface area contributed by atoms with Crippen LogP contribution in [0.4, 0.5) is 4.39 Å². The SMILES string of the molecule is CCC(C)Oc1ccc(OCCOc2cccc(F)n2)cc1. The number of nitrogens with zero attached hydrogens (tertiary/aromatic N) is 1. The van der Waals surface area contributed by atoms with Gasteiger partial charge in [0.1, 0.15) is 24.7 Å². The molecule has 1 atom stereocenters. The van der Waals surface area contributed by atoms with Crippen molar-refractivity contribution in [1.82, 2.24) is 4.98 Å². The Balaban J connectivity index is 1.73. The fourth-order valence-corrected chi connectivity index (χ4v) is 1.71. The van der Waals surface area contributed by atoms with Gasteiger partial charge >= 0.3 is 0 Å². The highest BCUT2D eigenvalue weighted by molar-refractivity contribution is 5.31. The van der Waals surface area contributed by atoms with E-state index in [2.05, 4.69) is 11.9 Å². The minimum Gasteiger partial charge on any atom is -0.491 e. The third-order valence-electron chi connectivity index (χ3n) is 3.03. The molecule has 0 radical (unpaired) electrons. The molecule has 0 saturated carbocycles. The molecule has 22 heavy (non-hydrogen) atoms. The Morgan fingerprint density at radius 2 is 1.68 bits per heavy atom. The number of ether oxygens (including phenoxy) is 3. The predicted molar refractivity (Wildman–Crippen MR) is 82.0 cm³/mol. The van der Waals surface area contributed by atoms with Crippen LogP contribution in [0, 0.1) is 5.95 Å². The van der Waals surface area contributed by atoms with Crippen molar-refractivity contribution >= 4 is 0 Å². The molecule has 2 rings (SSSR count). The van der Waals surface area contributed by atoms with Crippen LogP contribution in [0.1, 0.15) is 20.3 Å². The van der Waals surface area contributed by atoms with E-state index in [0.29, 0.717) is 13.2 Å². The predicted octanol–water partition coefficient (Wildman–Crippen LogP) is 3.86. The Bertz CT molecular complexity index is 574. The van der Waals surface area contributed by atoms with Crippen LogP contribution < -0.4 is 14.2 Å². The lowest BCUT2D eigenvalue weighted by Crippen LogP contribution is -2.10. The molecule has 4 nitrogen and oxygen atoms in total. The van der Waals surface area contributed by atoms with E-state index in [1.165, 1.54) is 6.07 Å². The quantitative estimate of drug-likeness (QED) is 0.548. The van der Waals surface area contributed by atoms with E-state index in [9.17, 15) is 4.39 Å². The molecule has 118 valence electrons. The summed E-state index contributed by atoms with van der Waals surface area (Å²) in [5.41, 5.74) is 0. The molecule has 0 N–H and O–H groups in total. The summed E-state index contributed by atoms with van der Waals surface area (Å²) in [4.78, 5) is 3.60. The van der Waals surface area contributed by atoms with Gasteiger partial charge in [0.05, 0.1) is 6.10 Å². The van der Waals surface area contributed by atoms with E-state index >= 15 is 0 Å². The van der Waals surface area contributed by atoms with E-state index in [-0.39, 0.29) is 12.0 Å². The van der Waals surface area contributed by atoms with Crippen molar-refractivity contribution in [3.05, 3.63) is 48.4 Å². The molecule has 0 fully saturated rings. The monoisotopic (exact) mass is 305 g/mol. The Hall–Kier alpha value is -2.30. The van der Waals surface area contributed by atoms with Gasteiger partial charge in [0.15, 0.2) is 0 Å². The minimum absolute atomic E-state index is 0.193. The van der Waals surface area contributed by atoms with Gasteiger partial charge in [0, 0.05) is 6.07 Å². The minimum atomic E-state index is -0.560. The molecule has 1 unspecified atom stereocenters. The van der Waals surface area contributed by atoms with Crippen molar-refractivity contribution in [3.63, 3.8) is 0 Å².